The molecule has 4 rings (SSSR count). The summed E-state index contributed by atoms with van der Waals surface area (Å²) in [6.07, 6.45) is 2.22. The van der Waals surface area contributed by atoms with Crippen molar-refractivity contribution in [2.24, 2.45) is 10.9 Å². The van der Waals surface area contributed by atoms with Gasteiger partial charge in [-0.15, -0.1) is 0 Å². The average molecular weight is 457 g/mol. The number of likely N-dealkylation sites (tertiary alicyclic amines) is 1. The van der Waals surface area contributed by atoms with E-state index in [0.717, 1.165) is 49.4 Å². The number of halogens is 1. The Balaban J connectivity index is 1.39. The highest BCUT2D eigenvalue weighted by atomic mass is 19.1. The molecule has 1 saturated heterocycles. The number of benzene rings is 3. The van der Waals surface area contributed by atoms with Gasteiger partial charge in [0, 0.05) is 34.9 Å². The van der Waals surface area contributed by atoms with E-state index in [-0.39, 0.29) is 5.82 Å². The van der Waals surface area contributed by atoms with Gasteiger partial charge in [-0.3, -0.25) is 9.89 Å². The lowest BCUT2D eigenvalue weighted by Gasteiger charge is -2.32. The number of aryl methyl sites for hydroxylation is 1. The van der Waals surface area contributed by atoms with Crippen LogP contribution in [0.4, 0.5) is 21.5 Å². The van der Waals surface area contributed by atoms with E-state index in [1.807, 2.05) is 18.2 Å². The summed E-state index contributed by atoms with van der Waals surface area (Å²) in [4.78, 5) is 7.40. The first kappa shape index (κ1) is 23.8. The summed E-state index contributed by atoms with van der Waals surface area (Å²) in [7, 11) is 0. The molecule has 4 nitrogen and oxygen atoms in total. The Labute approximate surface area is 202 Å². The zero-order valence-corrected chi connectivity index (χ0v) is 20.2. The zero-order valence-electron chi connectivity index (χ0n) is 20.2. The van der Waals surface area contributed by atoms with Crippen LogP contribution in [0.15, 0.2) is 71.7 Å². The number of para-hydroxylation sites is 1. The Morgan fingerprint density at radius 3 is 2.50 bits per heavy atom. The lowest BCUT2D eigenvalue weighted by molar-refractivity contribution is 0.201. The molecule has 0 bridgehead atoms. The molecule has 0 aliphatic carbocycles. The number of hydrogen-bond donors (Lipinski definition) is 2. The Bertz CT molecular complexity index is 1190. The lowest BCUT2D eigenvalue weighted by atomic mass is 9.92. The molecule has 0 radical (unpaired) electrons. The van der Waals surface area contributed by atoms with Crippen LogP contribution in [0.5, 0.6) is 0 Å². The first-order valence-electron chi connectivity index (χ1n) is 11.9. The summed E-state index contributed by atoms with van der Waals surface area (Å²) in [5, 5.41) is 11.5. The second-order valence-corrected chi connectivity index (χ2v) is 9.23. The van der Waals surface area contributed by atoms with Crippen LogP contribution in [-0.4, -0.2) is 29.4 Å². The third-order valence-electron chi connectivity index (χ3n) is 6.59. The maximum atomic E-state index is 13.6. The van der Waals surface area contributed by atoms with Gasteiger partial charge in [-0.05, 0) is 100 Å². The van der Waals surface area contributed by atoms with E-state index >= 15 is 0 Å². The average Bonchev–Trinajstić information content (AvgIpc) is 2.82. The van der Waals surface area contributed by atoms with Crippen LogP contribution in [-0.2, 0) is 6.54 Å². The van der Waals surface area contributed by atoms with Crippen LogP contribution in [0.1, 0.15) is 43.4 Å². The summed E-state index contributed by atoms with van der Waals surface area (Å²) in [5.41, 5.74) is 7.54. The van der Waals surface area contributed by atoms with E-state index in [1.54, 1.807) is 13.0 Å². The minimum absolute atomic E-state index is 0.280. The van der Waals surface area contributed by atoms with Crippen LogP contribution in [0.2, 0.25) is 0 Å². The molecule has 5 heteroatoms. The fraction of sp³-hybridized carbons (Fsp3) is 0.310. The Hall–Kier alpha value is -3.31. The first-order valence-corrected chi connectivity index (χ1v) is 11.9. The Morgan fingerprint density at radius 2 is 1.79 bits per heavy atom. The maximum Gasteiger partial charge on any atom is 0.125 e. The third kappa shape index (κ3) is 5.97. The molecular weight excluding hydrogens is 423 g/mol. The minimum Gasteiger partial charge on any atom is -0.355 e. The molecule has 0 atom stereocenters. The van der Waals surface area contributed by atoms with Crippen molar-refractivity contribution in [1.82, 2.24) is 4.90 Å². The van der Waals surface area contributed by atoms with Crippen molar-refractivity contribution in [3.8, 4) is 0 Å². The number of nitrogens with one attached hydrogen (secondary N) is 2. The second kappa shape index (κ2) is 10.7. The smallest absolute Gasteiger partial charge is 0.125 e. The molecule has 1 aliphatic rings. The van der Waals surface area contributed by atoms with Gasteiger partial charge in [0.2, 0.25) is 0 Å². The lowest BCUT2D eigenvalue weighted by Crippen LogP contribution is -2.35. The van der Waals surface area contributed by atoms with Crippen LogP contribution >= 0.6 is 0 Å². The molecule has 1 fully saturated rings. The fourth-order valence-electron chi connectivity index (χ4n) is 4.57. The number of nitrogens with zero attached hydrogens (tertiary/aromatic N) is 2. The van der Waals surface area contributed by atoms with E-state index in [9.17, 15) is 4.39 Å². The monoisotopic (exact) mass is 456 g/mol. The molecule has 0 spiro atoms. The third-order valence-corrected chi connectivity index (χ3v) is 6.59. The molecule has 0 amide bonds. The molecule has 34 heavy (non-hydrogen) atoms. The fourth-order valence-corrected chi connectivity index (χ4v) is 4.57. The molecule has 0 saturated carbocycles. The van der Waals surface area contributed by atoms with Crippen LogP contribution < -0.4 is 5.32 Å². The van der Waals surface area contributed by atoms with Gasteiger partial charge in [-0.2, -0.15) is 0 Å². The van der Waals surface area contributed by atoms with E-state index < -0.39 is 0 Å². The largest absolute Gasteiger partial charge is 0.355 e. The summed E-state index contributed by atoms with van der Waals surface area (Å²) >= 11 is 0. The highest BCUT2D eigenvalue weighted by Crippen LogP contribution is 2.27. The number of anilines is 2. The summed E-state index contributed by atoms with van der Waals surface area (Å²) < 4.78 is 13.6. The van der Waals surface area contributed by atoms with Gasteiger partial charge < -0.3 is 10.7 Å². The van der Waals surface area contributed by atoms with E-state index in [2.05, 4.69) is 54.4 Å². The van der Waals surface area contributed by atoms with Crippen molar-refractivity contribution in [2.45, 2.75) is 40.2 Å². The van der Waals surface area contributed by atoms with Gasteiger partial charge in [0.05, 0.1) is 5.69 Å². The van der Waals surface area contributed by atoms with Crippen LogP contribution in [0, 0.1) is 24.1 Å². The quantitative estimate of drug-likeness (QED) is 0.367. The molecule has 3 aromatic rings. The molecular formula is C29H33FN4. The second-order valence-electron chi connectivity index (χ2n) is 9.23. The predicted molar refractivity (Wildman–Crippen MR) is 141 cm³/mol. The summed E-state index contributed by atoms with van der Waals surface area (Å²) in [6, 6.07) is 20.9. The Kier molecular flexibility index (Phi) is 7.53. The van der Waals surface area contributed by atoms with Crippen LogP contribution in [0.3, 0.4) is 0 Å². The van der Waals surface area contributed by atoms with Gasteiger partial charge in [0.25, 0.3) is 0 Å². The number of piperidine rings is 1. The summed E-state index contributed by atoms with van der Waals surface area (Å²) in [6.45, 7) is 8.99. The maximum absolute atomic E-state index is 13.6. The Morgan fingerprint density at radius 1 is 1.03 bits per heavy atom. The molecule has 2 N–H and O–H groups in total. The first-order chi connectivity index (χ1) is 16.4. The molecule has 0 unspecified atom stereocenters. The molecule has 1 heterocycles. The number of aliphatic imine (C=N–C) groups is 1. The van der Waals surface area contributed by atoms with E-state index in [1.165, 1.54) is 29.0 Å². The standard InChI is InChI=1S/C29H33FN4/c1-20-7-4-5-10-28(20)32-22(3)24-13-15-34(16-14-24)19-23-11-12-29(27(17-23)21(2)31)33-26-9-6-8-25(30)18-26/h4-12,17-18,24,31,33H,13-16,19H2,1-3H3. The topological polar surface area (TPSA) is 51.5 Å². The van der Waals surface area contributed by atoms with Crippen molar-refractivity contribution in [3.05, 3.63) is 89.2 Å². The highest BCUT2D eigenvalue weighted by molar-refractivity contribution is 6.02. The number of hydrogen-bond acceptors (Lipinski definition) is 4. The zero-order chi connectivity index (χ0) is 24.1. The number of rotatable bonds is 7. The van der Waals surface area contributed by atoms with Crippen LogP contribution in [0.25, 0.3) is 0 Å². The van der Waals surface area contributed by atoms with Crippen molar-refractivity contribution >= 4 is 28.5 Å². The van der Waals surface area contributed by atoms with E-state index in [4.69, 9.17) is 10.4 Å². The minimum atomic E-state index is -0.280. The molecule has 1 aliphatic heterocycles. The highest BCUT2D eigenvalue weighted by Gasteiger charge is 2.22. The van der Waals surface area contributed by atoms with Crippen molar-refractivity contribution in [3.63, 3.8) is 0 Å². The van der Waals surface area contributed by atoms with Gasteiger partial charge in [0.1, 0.15) is 5.82 Å². The van der Waals surface area contributed by atoms with Gasteiger partial charge in [-0.1, -0.05) is 30.3 Å². The van der Waals surface area contributed by atoms with Crippen molar-refractivity contribution < 1.29 is 4.39 Å². The molecule has 0 aromatic heterocycles. The van der Waals surface area contributed by atoms with Gasteiger partial charge >= 0.3 is 0 Å². The van der Waals surface area contributed by atoms with Crippen molar-refractivity contribution in [2.75, 3.05) is 18.4 Å². The normalized spacial score (nSPS) is 15.4. The summed E-state index contributed by atoms with van der Waals surface area (Å²) in [5.74, 6) is 0.241. The van der Waals surface area contributed by atoms with Gasteiger partial charge in [0.15, 0.2) is 0 Å². The molecule has 176 valence electrons. The SMILES string of the molecule is CC(=N)c1cc(CN2CCC(C(C)=Nc3ccccc3C)CC2)ccc1Nc1cccc(F)c1. The van der Waals surface area contributed by atoms with E-state index in [0.29, 0.717) is 17.3 Å². The molecule has 3 aromatic carbocycles. The predicted octanol–water partition coefficient (Wildman–Crippen LogP) is 7.27. The van der Waals surface area contributed by atoms with Crippen molar-refractivity contribution in [1.29, 1.82) is 5.41 Å². The van der Waals surface area contributed by atoms with Gasteiger partial charge in [-0.25, -0.2) is 4.39 Å².